The van der Waals surface area contributed by atoms with Crippen LogP contribution in [-0.4, -0.2) is 0 Å². The predicted molar refractivity (Wildman–Crippen MR) is 138 cm³/mol. The summed E-state index contributed by atoms with van der Waals surface area (Å²) in [7, 11) is 0. The zero-order valence-electron chi connectivity index (χ0n) is 18.0. The Labute approximate surface area is 220 Å². The Bertz CT molecular complexity index is 987. The Balaban J connectivity index is 0.00000225. The number of aryl methyl sites for hydroxylation is 1. The third-order valence-corrected chi connectivity index (χ3v) is 5.86. The zero-order valence-corrected chi connectivity index (χ0v) is 22.0. The first-order valence-electron chi connectivity index (χ1n) is 10.0. The molecule has 0 aliphatic carbocycles. The first-order chi connectivity index (χ1) is 13.3. The van der Waals surface area contributed by atoms with E-state index in [1.54, 1.807) is 0 Å². The molecule has 0 radical (unpaired) electrons. The second-order valence-corrected chi connectivity index (χ2v) is 7.53. The van der Waals surface area contributed by atoms with Gasteiger partial charge < -0.3 is 0 Å². The summed E-state index contributed by atoms with van der Waals surface area (Å²) >= 11 is 0. The number of halogens is 3. The van der Waals surface area contributed by atoms with E-state index in [1.807, 2.05) is 0 Å². The summed E-state index contributed by atoms with van der Waals surface area (Å²) in [5.74, 6) is 0. The minimum atomic E-state index is -0.119. The fourth-order valence-corrected chi connectivity index (χ4v) is 4.69. The van der Waals surface area contributed by atoms with Crippen LogP contribution < -0.4 is 0 Å². The van der Waals surface area contributed by atoms with Gasteiger partial charge in [-0.3, -0.25) is 0 Å². The molecule has 0 bridgehead atoms. The van der Waals surface area contributed by atoms with Gasteiger partial charge in [-0.1, -0.05) is 93.4 Å². The van der Waals surface area contributed by atoms with E-state index in [0.29, 0.717) is 0 Å². The first kappa shape index (κ1) is 29.9. The van der Waals surface area contributed by atoms with Crippen molar-refractivity contribution in [2.75, 3.05) is 0 Å². The van der Waals surface area contributed by atoms with Gasteiger partial charge >= 0.3 is 0 Å². The Kier molecular flexibility index (Phi) is 12.9. The summed E-state index contributed by atoms with van der Waals surface area (Å²) in [5.41, 5.74) is 5.53. The van der Waals surface area contributed by atoms with Crippen LogP contribution in [-0.2, 0) is 27.1 Å². The quantitative estimate of drug-likeness (QED) is 0.181. The zero-order chi connectivity index (χ0) is 18.7. The van der Waals surface area contributed by atoms with Crippen LogP contribution in [0.5, 0.6) is 0 Å². The van der Waals surface area contributed by atoms with E-state index in [-0.39, 0.29) is 64.4 Å². The maximum Gasteiger partial charge on any atom is 0.0117 e. The van der Waals surface area contributed by atoms with Gasteiger partial charge in [0.2, 0.25) is 0 Å². The van der Waals surface area contributed by atoms with Crippen LogP contribution in [0.15, 0.2) is 91.0 Å². The van der Waals surface area contributed by atoms with Crippen molar-refractivity contribution in [1.29, 1.82) is 0 Å². The smallest absolute Gasteiger partial charge is 0.0117 e. The Morgan fingerprint density at radius 3 is 1.71 bits per heavy atom. The van der Waals surface area contributed by atoms with E-state index in [4.69, 9.17) is 0 Å². The van der Waals surface area contributed by atoms with E-state index < -0.39 is 0 Å². The molecule has 0 spiro atoms. The van der Waals surface area contributed by atoms with Crippen LogP contribution in [0.1, 0.15) is 48.4 Å². The Hall–Kier alpha value is -1.15. The molecular formula is C27H30Cl3Ti-. The molecule has 0 fully saturated rings. The second-order valence-electron chi connectivity index (χ2n) is 7.53. The summed E-state index contributed by atoms with van der Waals surface area (Å²) in [6.45, 7) is 4.57. The number of hydrogen-bond acceptors (Lipinski definition) is 0. The number of benzene rings is 3. The average Bonchev–Trinajstić information content (AvgIpc) is 3.07. The van der Waals surface area contributed by atoms with Gasteiger partial charge in [0.05, 0.1) is 0 Å². The monoisotopic (exact) mass is 507 g/mol. The molecule has 0 amide bonds. The summed E-state index contributed by atoms with van der Waals surface area (Å²) in [4.78, 5) is 0. The summed E-state index contributed by atoms with van der Waals surface area (Å²) < 4.78 is 0. The van der Waals surface area contributed by atoms with Gasteiger partial charge in [-0.15, -0.1) is 77.3 Å². The predicted octanol–water partition coefficient (Wildman–Crippen LogP) is 8.65. The summed E-state index contributed by atoms with van der Waals surface area (Å²) in [6.07, 6.45) is 3.51. The van der Waals surface area contributed by atoms with Gasteiger partial charge in [0.15, 0.2) is 0 Å². The fourth-order valence-electron chi connectivity index (χ4n) is 4.69. The molecular weight excluding hydrogens is 479 g/mol. The van der Waals surface area contributed by atoms with E-state index in [0.717, 1.165) is 6.42 Å². The topological polar surface area (TPSA) is 0 Å². The molecule has 0 saturated heterocycles. The largest absolute Gasteiger partial charge is 0.165 e. The van der Waals surface area contributed by atoms with Crippen LogP contribution in [0.2, 0.25) is 0 Å². The van der Waals surface area contributed by atoms with Gasteiger partial charge in [0.25, 0.3) is 0 Å². The van der Waals surface area contributed by atoms with Crippen molar-refractivity contribution in [3.05, 3.63) is 113 Å². The molecule has 4 aromatic rings. The third-order valence-electron chi connectivity index (χ3n) is 5.86. The number of unbranched alkanes of at least 4 members (excludes halogenated alkanes) is 1. The fraction of sp³-hybridized carbons (Fsp3) is 0.222. The Morgan fingerprint density at radius 2 is 1.19 bits per heavy atom. The van der Waals surface area contributed by atoms with Crippen molar-refractivity contribution in [2.24, 2.45) is 0 Å². The molecule has 0 aliphatic heterocycles. The van der Waals surface area contributed by atoms with Gasteiger partial charge in [-0.25, -0.2) is 0 Å². The molecule has 31 heavy (non-hydrogen) atoms. The van der Waals surface area contributed by atoms with Crippen molar-refractivity contribution in [3.8, 4) is 0 Å². The number of fused-ring (bicyclic) bond motifs is 1. The number of rotatable bonds is 6. The third kappa shape index (κ3) is 5.62. The molecule has 0 aliphatic rings. The van der Waals surface area contributed by atoms with Crippen molar-refractivity contribution >= 4 is 48.0 Å². The second kappa shape index (κ2) is 13.4. The van der Waals surface area contributed by atoms with Crippen LogP contribution in [0.4, 0.5) is 0 Å². The molecule has 164 valence electrons. The molecule has 0 unspecified atom stereocenters. The van der Waals surface area contributed by atoms with E-state index >= 15 is 0 Å². The van der Waals surface area contributed by atoms with Crippen LogP contribution >= 0.6 is 37.2 Å². The average molecular weight is 509 g/mol. The van der Waals surface area contributed by atoms with Crippen molar-refractivity contribution in [1.82, 2.24) is 0 Å². The van der Waals surface area contributed by atoms with Gasteiger partial charge in [0, 0.05) is 27.1 Å². The van der Waals surface area contributed by atoms with E-state index in [9.17, 15) is 0 Å². The van der Waals surface area contributed by atoms with Gasteiger partial charge in [-0.2, -0.15) is 6.07 Å². The van der Waals surface area contributed by atoms with Crippen LogP contribution in [0, 0.1) is 6.92 Å². The first-order valence-corrected chi connectivity index (χ1v) is 10.0. The van der Waals surface area contributed by atoms with Gasteiger partial charge in [-0.05, 0) is 17.5 Å². The molecule has 0 heterocycles. The van der Waals surface area contributed by atoms with Crippen molar-refractivity contribution in [3.63, 3.8) is 0 Å². The summed E-state index contributed by atoms with van der Waals surface area (Å²) in [6, 6.07) is 33.4. The Morgan fingerprint density at radius 1 is 0.710 bits per heavy atom. The van der Waals surface area contributed by atoms with Crippen molar-refractivity contribution < 1.29 is 21.7 Å². The summed E-state index contributed by atoms with van der Waals surface area (Å²) in [5, 5.41) is 2.73. The normalized spacial score (nSPS) is 10.3. The van der Waals surface area contributed by atoms with Gasteiger partial charge in [0.1, 0.15) is 0 Å². The molecule has 0 N–H and O–H groups in total. The maximum atomic E-state index is 2.36. The van der Waals surface area contributed by atoms with Crippen molar-refractivity contribution in [2.45, 2.75) is 38.5 Å². The van der Waals surface area contributed by atoms with E-state index in [1.165, 1.54) is 45.9 Å². The minimum Gasteiger partial charge on any atom is -0.165 e. The van der Waals surface area contributed by atoms with Crippen LogP contribution in [0.25, 0.3) is 10.8 Å². The number of hydrogen-bond donors (Lipinski definition) is 0. The SMILES string of the molecule is CCCCC(c1ccccc1)(c1ccccc1)[c-]1c(C)cc2ccccc21.Cl.Cl.Cl.[Ti]. The van der Waals surface area contributed by atoms with Crippen LogP contribution in [0.3, 0.4) is 0 Å². The molecule has 4 heteroatoms. The van der Waals surface area contributed by atoms with E-state index in [2.05, 4.69) is 105 Å². The molecule has 0 aromatic heterocycles. The molecule has 4 aromatic carbocycles. The molecule has 0 atom stereocenters. The molecule has 0 nitrogen and oxygen atoms in total. The minimum absolute atomic E-state index is 0. The standard InChI is InChI=1S/C27H27.3ClH.Ti/c1-3-4-19-27(23-14-7-5-8-15-23,24-16-9-6-10-17-24)26-21(2)20-22-13-11-12-18-25(22)26;;;;/h5-18,20H,3-4,19H2,1-2H3;3*1H;/q-1;;;;. The molecule has 4 rings (SSSR count). The molecule has 0 saturated carbocycles. The maximum absolute atomic E-state index is 2.36.